The minimum absolute atomic E-state index is 0.0204. The Bertz CT molecular complexity index is 1370. The topological polar surface area (TPSA) is 111 Å². The molecule has 4 rings (SSSR count). The number of hydrogen-bond donors (Lipinski definition) is 2. The van der Waals surface area contributed by atoms with Crippen molar-refractivity contribution in [3.8, 4) is 11.5 Å². The van der Waals surface area contributed by atoms with E-state index in [1.54, 1.807) is 0 Å². The number of hydrogen-bond acceptors (Lipinski definition) is 8. The molecule has 1 aromatic carbocycles. The van der Waals surface area contributed by atoms with Crippen LogP contribution in [-0.2, 0) is 20.1 Å². The molecule has 0 bridgehead atoms. The fourth-order valence-corrected chi connectivity index (χ4v) is 3.78. The van der Waals surface area contributed by atoms with Gasteiger partial charge < -0.3 is 24.8 Å². The third kappa shape index (κ3) is 5.27. The van der Waals surface area contributed by atoms with Gasteiger partial charge in [0.2, 0.25) is 0 Å². The van der Waals surface area contributed by atoms with Crippen molar-refractivity contribution < 1.29 is 32.1 Å². The van der Waals surface area contributed by atoms with Crippen molar-refractivity contribution in [1.29, 1.82) is 0 Å². The number of alkyl halides is 3. The van der Waals surface area contributed by atoms with E-state index in [1.807, 2.05) is 0 Å². The van der Waals surface area contributed by atoms with E-state index >= 15 is 0 Å². The van der Waals surface area contributed by atoms with E-state index in [-0.39, 0.29) is 43.4 Å². The number of aliphatic hydroxyl groups excluding tert-OH is 1. The normalized spacial score (nSPS) is 14.9. The van der Waals surface area contributed by atoms with Crippen molar-refractivity contribution in [3.05, 3.63) is 74.9 Å². The van der Waals surface area contributed by atoms with Crippen LogP contribution in [0.3, 0.4) is 0 Å². The molecule has 1 aliphatic heterocycles. The van der Waals surface area contributed by atoms with Crippen LogP contribution in [-0.4, -0.2) is 38.5 Å². The van der Waals surface area contributed by atoms with E-state index < -0.39 is 35.5 Å². The Kier molecular flexibility index (Phi) is 6.88. The molecule has 10 nitrogen and oxygen atoms in total. The lowest BCUT2D eigenvalue weighted by Crippen LogP contribution is -2.43. The molecule has 3 heterocycles. The van der Waals surface area contributed by atoms with Gasteiger partial charge in [-0.3, -0.25) is 18.9 Å². The molecule has 0 spiro atoms. The maximum Gasteiger partial charge on any atom is 0.573 e. The third-order valence-electron chi connectivity index (χ3n) is 5.30. The van der Waals surface area contributed by atoms with Crippen molar-refractivity contribution in [3.63, 3.8) is 0 Å². The zero-order valence-corrected chi connectivity index (χ0v) is 18.8. The van der Waals surface area contributed by atoms with Crippen molar-refractivity contribution in [2.24, 2.45) is 7.05 Å². The van der Waals surface area contributed by atoms with Gasteiger partial charge >= 0.3 is 12.1 Å². The number of aliphatic hydroxyl groups is 1. The summed E-state index contributed by atoms with van der Waals surface area (Å²) in [5.74, 6) is -1.07. The van der Waals surface area contributed by atoms with Crippen LogP contribution in [0.2, 0.25) is 0 Å². The number of pyridine rings is 1. The molecule has 192 valence electrons. The van der Waals surface area contributed by atoms with Crippen LogP contribution < -0.4 is 30.9 Å². The molecule has 3 aromatic rings. The first-order valence-electron chi connectivity index (χ1n) is 10.7. The van der Waals surface area contributed by atoms with Gasteiger partial charge in [0.05, 0.1) is 12.7 Å². The number of benzene rings is 1. The van der Waals surface area contributed by atoms with Gasteiger partial charge in [-0.25, -0.2) is 9.18 Å². The molecular weight excluding hydrogens is 490 g/mol. The van der Waals surface area contributed by atoms with Gasteiger partial charge in [0.15, 0.2) is 0 Å². The van der Waals surface area contributed by atoms with E-state index in [9.17, 15) is 27.2 Å². The van der Waals surface area contributed by atoms with Crippen LogP contribution in [0.15, 0.2) is 52.3 Å². The maximum atomic E-state index is 13.8. The van der Waals surface area contributed by atoms with Gasteiger partial charge in [-0.05, 0) is 30.2 Å². The average molecular weight is 511 g/mol. The molecule has 14 heteroatoms. The minimum atomic E-state index is -4.91. The first kappa shape index (κ1) is 25.0. The van der Waals surface area contributed by atoms with E-state index in [2.05, 4.69) is 15.0 Å². The molecule has 0 saturated heterocycles. The van der Waals surface area contributed by atoms with Crippen LogP contribution in [0.1, 0.15) is 12.0 Å². The predicted octanol–water partition coefficient (Wildman–Crippen LogP) is 2.16. The van der Waals surface area contributed by atoms with Crippen molar-refractivity contribution in [2.45, 2.75) is 32.2 Å². The fourth-order valence-electron chi connectivity index (χ4n) is 3.78. The highest BCUT2D eigenvalue weighted by molar-refractivity contribution is 5.71. The molecule has 36 heavy (non-hydrogen) atoms. The first-order valence-corrected chi connectivity index (χ1v) is 10.7. The lowest BCUT2D eigenvalue weighted by atomic mass is 10.2. The molecule has 0 saturated carbocycles. The molecule has 2 aromatic heterocycles. The Hall–Kier alpha value is -4.07. The lowest BCUT2D eigenvalue weighted by molar-refractivity contribution is -0.274. The average Bonchev–Trinajstić information content (AvgIpc) is 3.15. The van der Waals surface area contributed by atoms with E-state index in [1.165, 1.54) is 40.9 Å². The number of aromatic nitrogens is 3. The Morgan fingerprint density at radius 2 is 1.92 bits per heavy atom. The summed E-state index contributed by atoms with van der Waals surface area (Å²) in [6.45, 7) is -0.389. The standard InChI is InChI=1S/C22H21F4N5O5/c1-29-18-17(19(33)30(21(29)34)6-3-7-32)31(12-13-8-14(23)11-27-10-13)20(28-18)35-15-4-2-5-16(9-15)36-22(24,25)26/h2,4-5,8-11,20,28,32H,3,6-7,12H2,1H3. The third-order valence-corrected chi connectivity index (χ3v) is 5.30. The monoisotopic (exact) mass is 511 g/mol. The lowest BCUT2D eigenvalue weighted by Gasteiger charge is -2.26. The Morgan fingerprint density at radius 3 is 2.61 bits per heavy atom. The van der Waals surface area contributed by atoms with Crippen LogP contribution >= 0.6 is 0 Å². The van der Waals surface area contributed by atoms with Gasteiger partial charge in [-0.15, -0.1) is 13.2 Å². The number of rotatable bonds is 8. The van der Waals surface area contributed by atoms with Gasteiger partial charge in [-0.1, -0.05) is 6.07 Å². The van der Waals surface area contributed by atoms with Crippen LogP contribution in [0, 0.1) is 5.82 Å². The van der Waals surface area contributed by atoms with Crippen LogP contribution in [0.25, 0.3) is 0 Å². The van der Waals surface area contributed by atoms with E-state index in [0.717, 1.165) is 22.9 Å². The van der Waals surface area contributed by atoms with Gasteiger partial charge in [-0.2, -0.15) is 0 Å². The summed E-state index contributed by atoms with van der Waals surface area (Å²) in [5.41, 5.74) is -0.943. The summed E-state index contributed by atoms with van der Waals surface area (Å²) in [6, 6.07) is 5.98. The molecule has 1 unspecified atom stereocenters. The van der Waals surface area contributed by atoms with Gasteiger partial charge in [0, 0.05) is 32.5 Å². The quantitative estimate of drug-likeness (QED) is 0.443. The minimum Gasteiger partial charge on any atom is -0.452 e. The highest BCUT2D eigenvalue weighted by Gasteiger charge is 2.37. The van der Waals surface area contributed by atoms with Crippen molar-refractivity contribution >= 4 is 11.5 Å². The highest BCUT2D eigenvalue weighted by atomic mass is 19.4. The highest BCUT2D eigenvalue weighted by Crippen LogP contribution is 2.34. The first-order chi connectivity index (χ1) is 17.1. The number of nitrogens with one attached hydrogen (secondary N) is 1. The summed E-state index contributed by atoms with van der Waals surface area (Å²) in [5, 5.41) is 12.0. The maximum absolute atomic E-state index is 13.8. The number of anilines is 2. The summed E-state index contributed by atoms with van der Waals surface area (Å²) in [6.07, 6.45) is -3.54. The Balaban J connectivity index is 1.75. The SMILES string of the molecule is Cn1c2c(c(=O)n(CCCO)c1=O)N(Cc1cncc(F)c1)C(Oc1cccc(OC(F)(F)F)c1)N2. The second-order valence-corrected chi connectivity index (χ2v) is 7.85. The second-order valence-electron chi connectivity index (χ2n) is 7.85. The molecular formula is C22H21F4N5O5. The predicted molar refractivity (Wildman–Crippen MR) is 119 cm³/mol. The Morgan fingerprint density at radius 1 is 1.17 bits per heavy atom. The molecule has 2 N–H and O–H groups in total. The van der Waals surface area contributed by atoms with E-state index in [4.69, 9.17) is 9.84 Å². The largest absolute Gasteiger partial charge is 0.573 e. The van der Waals surface area contributed by atoms with Crippen molar-refractivity contribution in [1.82, 2.24) is 14.1 Å². The molecule has 0 aliphatic carbocycles. The smallest absolute Gasteiger partial charge is 0.452 e. The number of ether oxygens (including phenoxy) is 2. The van der Waals surface area contributed by atoms with Crippen molar-refractivity contribution in [2.75, 3.05) is 16.8 Å². The number of nitrogens with zero attached hydrogens (tertiary/aromatic N) is 4. The van der Waals surface area contributed by atoms with Crippen LogP contribution in [0.4, 0.5) is 29.1 Å². The fraction of sp³-hybridized carbons (Fsp3) is 0.318. The zero-order valence-electron chi connectivity index (χ0n) is 18.8. The second kappa shape index (κ2) is 9.89. The summed E-state index contributed by atoms with van der Waals surface area (Å²) in [4.78, 5) is 31.3. The van der Waals surface area contributed by atoms with E-state index in [0.29, 0.717) is 5.56 Å². The molecule has 1 aliphatic rings. The summed E-state index contributed by atoms with van der Waals surface area (Å²) >= 11 is 0. The number of halogens is 4. The molecule has 0 amide bonds. The van der Waals surface area contributed by atoms with Crippen LogP contribution in [0.5, 0.6) is 11.5 Å². The Labute approximate surface area is 200 Å². The number of fused-ring (bicyclic) bond motifs is 1. The van der Waals surface area contributed by atoms with Gasteiger partial charge in [0.1, 0.15) is 28.8 Å². The molecule has 0 fully saturated rings. The summed E-state index contributed by atoms with van der Waals surface area (Å²) in [7, 11) is 1.42. The molecule has 0 radical (unpaired) electrons. The molecule has 1 atom stereocenters. The summed E-state index contributed by atoms with van der Waals surface area (Å²) < 4.78 is 63.6. The van der Waals surface area contributed by atoms with Gasteiger partial charge in [0.25, 0.3) is 11.9 Å². The zero-order chi connectivity index (χ0) is 26.0.